The van der Waals surface area contributed by atoms with E-state index in [0.717, 1.165) is 6.42 Å². The van der Waals surface area contributed by atoms with Crippen molar-refractivity contribution in [1.82, 2.24) is 4.57 Å². The van der Waals surface area contributed by atoms with E-state index in [1.54, 1.807) is 7.05 Å². The van der Waals surface area contributed by atoms with Gasteiger partial charge in [0.1, 0.15) is 28.6 Å². The summed E-state index contributed by atoms with van der Waals surface area (Å²) in [4.78, 5) is 54.9. The van der Waals surface area contributed by atoms with E-state index in [1.807, 2.05) is 6.92 Å². The van der Waals surface area contributed by atoms with Crippen LogP contribution in [0.2, 0.25) is 0 Å². The predicted octanol–water partition coefficient (Wildman–Crippen LogP) is 4.22. The van der Waals surface area contributed by atoms with E-state index in [-0.39, 0.29) is 61.1 Å². The summed E-state index contributed by atoms with van der Waals surface area (Å²) in [6.07, 6.45) is 1.61. The minimum absolute atomic E-state index is 0.00544. The average molecular weight is 594 g/mol. The number of ether oxygens (including phenoxy) is 1. The Bertz CT molecular complexity index is 1920. The summed E-state index contributed by atoms with van der Waals surface area (Å²) in [6, 6.07) is 2.96. The molecular formula is C29H24BrNO8. The number of rotatable bonds is 3. The number of aromatic nitrogens is 1. The molecule has 2 aliphatic carbocycles. The number of aliphatic hydroxyl groups excluding tert-OH is 1. The van der Waals surface area contributed by atoms with Gasteiger partial charge in [0.15, 0.2) is 22.5 Å². The lowest BCUT2D eigenvalue weighted by Crippen LogP contribution is -2.35. The second-order valence-corrected chi connectivity index (χ2v) is 10.8. The molecule has 0 unspecified atom stereocenters. The summed E-state index contributed by atoms with van der Waals surface area (Å²) in [5, 5.41) is 22.0. The monoisotopic (exact) mass is 593 g/mol. The van der Waals surface area contributed by atoms with Crippen molar-refractivity contribution in [2.75, 3.05) is 7.11 Å². The van der Waals surface area contributed by atoms with E-state index in [2.05, 4.69) is 15.9 Å². The number of aliphatic hydroxyl groups is 1. The van der Waals surface area contributed by atoms with Gasteiger partial charge in [-0.15, -0.1) is 0 Å². The molecule has 0 amide bonds. The van der Waals surface area contributed by atoms with Gasteiger partial charge in [0.05, 0.1) is 12.7 Å². The summed E-state index contributed by atoms with van der Waals surface area (Å²) in [5.41, 5.74) is -0.849. The van der Waals surface area contributed by atoms with E-state index >= 15 is 0 Å². The maximum Gasteiger partial charge on any atom is 0.262 e. The first-order chi connectivity index (χ1) is 18.6. The number of halogens is 1. The fraction of sp³-hybridized carbons (Fsp3) is 0.310. The third-order valence-electron chi connectivity index (χ3n) is 7.84. The Hall–Kier alpha value is -3.76. The van der Waals surface area contributed by atoms with Gasteiger partial charge in [-0.3, -0.25) is 19.2 Å². The zero-order chi connectivity index (χ0) is 27.9. The number of carbonyl (C=O) groups is 2. The molecule has 2 aliphatic rings. The fourth-order valence-electron chi connectivity index (χ4n) is 5.98. The molecule has 2 heterocycles. The molecule has 6 rings (SSSR count). The summed E-state index contributed by atoms with van der Waals surface area (Å²) in [6.45, 7) is 1.94. The SMILES string of the molecule is CCCc1c(Br)c2c(c(=O)n1C)C(=O)c1c(ccc3c(OC)c4oc5c(c(=O)c4c(O)c13)CCC[C@@H]5O)C2=O. The Morgan fingerprint density at radius 3 is 2.54 bits per heavy atom. The first-order valence-electron chi connectivity index (χ1n) is 12.7. The Morgan fingerprint density at radius 2 is 1.85 bits per heavy atom. The summed E-state index contributed by atoms with van der Waals surface area (Å²) >= 11 is 3.47. The number of ketones is 2. The van der Waals surface area contributed by atoms with E-state index < -0.39 is 34.4 Å². The molecule has 2 aromatic heterocycles. The van der Waals surface area contributed by atoms with Crippen LogP contribution in [0.3, 0.4) is 0 Å². The van der Waals surface area contributed by atoms with Gasteiger partial charge in [-0.2, -0.15) is 0 Å². The molecule has 1 atom stereocenters. The second-order valence-electron chi connectivity index (χ2n) is 9.96. The number of carbonyl (C=O) groups excluding carboxylic acids is 2. The highest BCUT2D eigenvalue weighted by Gasteiger charge is 2.39. The molecule has 0 bridgehead atoms. The van der Waals surface area contributed by atoms with E-state index in [0.29, 0.717) is 35.8 Å². The predicted molar refractivity (Wildman–Crippen MR) is 146 cm³/mol. The number of benzene rings is 2. The summed E-state index contributed by atoms with van der Waals surface area (Å²) in [7, 11) is 2.90. The molecule has 0 saturated carbocycles. The highest BCUT2D eigenvalue weighted by molar-refractivity contribution is 9.10. The molecule has 0 fully saturated rings. The first kappa shape index (κ1) is 25.5. The molecule has 0 radical (unpaired) electrons. The van der Waals surface area contributed by atoms with Crippen LogP contribution in [0.25, 0.3) is 21.7 Å². The van der Waals surface area contributed by atoms with Crippen molar-refractivity contribution in [3.63, 3.8) is 0 Å². The van der Waals surface area contributed by atoms with Crippen LogP contribution < -0.4 is 15.7 Å². The summed E-state index contributed by atoms with van der Waals surface area (Å²) in [5.74, 6) is -1.62. The van der Waals surface area contributed by atoms with Crippen molar-refractivity contribution in [3.8, 4) is 11.5 Å². The maximum absolute atomic E-state index is 14.0. The molecule has 200 valence electrons. The molecular weight excluding hydrogens is 570 g/mol. The molecule has 4 aromatic rings. The number of pyridine rings is 1. The minimum Gasteiger partial charge on any atom is -0.506 e. The van der Waals surface area contributed by atoms with Gasteiger partial charge in [-0.1, -0.05) is 13.3 Å². The normalized spacial score (nSPS) is 16.4. The Balaban J connectivity index is 1.76. The summed E-state index contributed by atoms with van der Waals surface area (Å²) < 4.78 is 13.3. The van der Waals surface area contributed by atoms with Gasteiger partial charge in [-0.05, 0) is 53.7 Å². The van der Waals surface area contributed by atoms with E-state index in [9.17, 15) is 29.4 Å². The van der Waals surface area contributed by atoms with Gasteiger partial charge in [0, 0.05) is 44.7 Å². The van der Waals surface area contributed by atoms with Crippen molar-refractivity contribution in [2.45, 2.75) is 45.1 Å². The minimum atomic E-state index is -0.972. The quantitative estimate of drug-likeness (QED) is 0.297. The molecule has 2 N–H and O–H groups in total. The third-order valence-corrected chi connectivity index (χ3v) is 8.69. The topological polar surface area (TPSA) is 136 Å². The standard InChI is InChI=1S/C29H24BrNO8/c1-4-6-14-21(30)18-19(29(37)31(14)2)24(35)16-11(22(18)33)9-10-12-17(16)25(36)20-23(34)13-7-5-8-15(32)26(13)39-28(20)27(12)38-3/h9-10,15,32,36H,4-8H2,1-3H3/t15-/m0/s1. The molecule has 2 aromatic carbocycles. The highest BCUT2D eigenvalue weighted by Crippen LogP contribution is 2.47. The average Bonchev–Trinajstić information content (AvgIpc) is 2.92. The largest absolute Gasteiger partial charge is 0.506 e. The van der Waals surface area contributed by atoms with Crippen molar-refractivity contribution in [1.29, 1.82) is 0 Å². The van der Waals surface area contributed by atoms with Crippen LogP contribution in [0.1, 0.15) is 81.2 Å². The van der Waals surface area contributed by atoms with Crippen LogP contribution in [-0.2, 0) is 19.9 Å². The molecule has 9 nitrogen and oxygen atoms in total. The molecule has 10 heteroatoms. The molecule has 0 saturated heterocycles. The number of hydrogen-bond acceptors (Lipinski definition) is 8. The number of methoxy groups -OCH3 is 1. The lowest BCUT2D eigenvalue weighted by molar-refractivity contribution is 0.0977. The fourth-order valence-corrected chi connectivity index (χ4v) is 6.82. The zero-order valence-electron chi connectivity index (χ0n) is 21.4. The van der Waals surface area contributed by atoms with Crippen molar-refractivity contribution >= 4 is 49.2 Å². The zero-order valence-corrected chi connectivity index (χ0v) is 23.0. The lowest BCUT2D eigenvalue weighted by atomic mass is 9.81. The molecule has 0 aliphatic heterocycles. The van der Waals surface area contributed by atoms with Crippen molar-refractivity contribution < 1.29 is 29.0 Å². The van der Waals surface area contributed by atoms with Crippen molar-refractivity contribution in [2.24, 2.45) is 7.05 Å². The molecule has 39 heavy (non-hydrogen) atoms. The van der Waals surface area contributed by atoms with Crippen LogP contribution in [0.4, 0.5) is 0 Å². The Labute approximate surface area is 229 Å². The Morgan fingerprint density at radius 1 is 1.10 bits per heavy atom. The number of nitrogens with zero attached hydrogens (tertiary/aromatic N) is 1. The maximum atomic E-state index is 14.0. The second kappa shape index (κ2) is 8.89. The number of fused-ring (bicyclic) bond motifs is 6. The van der Waals surface area contributed by atoms with Crippen LogP contribution in [0.5, 0.6) is 11.5 Å². The molecule has 0 spiro atoms. The first-order valence-corrected chi connectivity index (χ1v) is 13.5. The van der Waals surface area contributed by atoms with Gasteiger partial charge in [0.25, 0.3) is 5.56 Å². The van der Waals surface area contributed by atoms with E-state index in [4.69, 9.17) is 9.15 Å². The van der Waals surface area contributed by atoms with Gasteiger partial charge in [0.2, 0.25) is 5.78 Å². The van der Waals surface area contributed by atoms with E-state index in [1.165, 1.54) is 23.8 Å². The smallest absolute Gasteiger partial charge is 0.262 e. The number of phenols is 1. The number of hydrogen-bond donors (Lipinski definition) is 2. The van der Waals surface area contributed by atoms with Gasteiger partial charge < -0.3 is 23.9 Å². The highest BCUT2D eigenvalue weighted by atomic mass is 79.9. The van der Waals surface area contributed by atoms with Crippen LogP contribution in [-0.4, -0.2) is 33.5 Å². The van der Waals surface area contributed by atoms with Crippen LogP contribution in [0, 0.1) is 0 Å². The lowest BCUT2D eigenvalue weighted by Gasteiger charge is -2.24. The number of phenolic OH excluding ortho intramolecular Hbond substituents is 1. The third kappa shape index (κ3) is 3.28. The Kier molecular flexibility index (Phi) is 5.82. The number of aromatic hydroxyl groups is 1. The van der Waals surface area contributed by atoms with Crippen LogP contribution in [0.15, 0.2) is 30.6 Å². The van der Waals surface area contributed by atoms with Gasteiger partial charge in [-0.25, -0.2) is 0 Å². The van der Waals surface area contributed by atoms with Gasteiger partial charge >= 0.3 is 0 Å². The van der Waals surface area contributed by atoms with Crippen LogP contribution >= 0.6 is 15.9 Å². The van der Waals surface area contributed by atoms with Crippen molar-refractivity contribution in [3.05, 3.63) is 76.5 Å².